The number of fused-ring (bicyclic) bond motifs is 10. The maximum Gasteiger partial charge on any atom is 0.252 e. The van der Waals surface area contributed by atoms with Crippen LogP contribution in [0.15, 0.2) is 336 Å². The van der Waals surface area contributed by atoms with Gasteiger partial charge in [-0.15, -0.1) is 0 Å². The molecule has 4 heterocycles. The molecule has 0 amide bonds. The topological polar surface area (TPSA) is 32.8 Å². The van der Waals surface area contributed by atoms with Crippen molar-refractivity contribution < 1.29 is 8.83 Å². The van der Waals surface area contributed by atoms with Crippen LogP contribution in [0.2, 0.25) is 0 Å². The van der Waals surface area contributed by atoms with Crippen LogP contribution in [0.25, 0.3) is 133 Å². The number of rotatable bonds is 10. The van der Waals surface area contributed by atoms with Crippen molar-refractivity contribution in [3.05, 3.63) is 344 Å². The van der Waals surface area contributed by atoms with Crippen LogP contribution in [0.3, 0.4) is 0 Å². The number of hydrogen-bond donors (Lipinski definition) is 0. The molecule has 17 aromatic rings. The van der Waals surface area contributed by atoms with E-state index in [1.807, 2.05) is 0 Å². The van der Waals surface area contributed by atoms with Crippen LogP contribution >= 0.6 is 0 Å². The first kappa shape index (κ1) is 65.3. The zero-order valence-electron chi connectivity index (χ0n) is 62.0. The van der Waals surface area contributed by atoms with Crippen molar-refractivity contribution in [3.63, 3.8) is 0 Å². The number of hydrogen-bond acceptors (Lipinski definition) is 4. The van der Waals surface area contributed by atoms with Crippen LogP contribution in [-0.2, 0) is 16.2 Å². The van der Waals surface area contributed by atoms with Crippen LogP contribution in [0.1, 0.15) is 79.0 Å². The highest BCUT2D eigenvalue weighted by Crippen LogP contribution is 2.57. The number of nitrogens with zero attached hydrogens (tertiary/aromatic N) is 2. The van der Waals surface area contributed by atoms with Crippen molar-refractivity contribution in [2.45, 2.75) is 78.6 Å². The monoisotopic (exact) mass is 1380 g/mol. The summed E-state index contributed by atoms with van der Waals surface area (Å²) in [7, 11) is 0. The first-order valence-electron chi connectivity index (χ1n) is 37.6. The quantitative estimate of drug-likeness (QED) is 0.128. The van der Waals surface area contributed by atoms with Crippen LogP contribution in [0, 0.1) is 0 Å². The molecule has 5 heteroatoms. The Morgan fingerprint density at radius 2 is 0.551 bits per heavy atom. The average molecular weight is 1380 g/mol. The fraction of sp³-hybridized carbons (Fsp3) is 0.118. The molecule has 107 heavy (non-hydrogen) atoms. The van der Waals surface area contributed by atoms with Gasteiger partial charge >= 0.3 is 0 Å². The standard InChI is InChI=1S/C102H81BN2O2/c1-100(2,3)78-60-89-95-90(61-78)105(97-82(77-45-29-41-71(57-77)67-36-20-13-21-37-67)63-84(102(7,8)9)99-94(97)80-47-23-25-49-92(80)107-99)88-53-51-75(73-43-27-39-69(55-73)65-32-16-11-17-33-65)59-86(88)103(95)85-58-74(72-42-26-38-68(54-72)64-30-14-10-15-31-64)50-52-87(85)104(89)96-81(76-44-28-40-70(56-76)66-34-18-12-19-35-66)62-83(101(4,5)6)98-93(96)79-46-22-24-48-91(79)106-98/h10-63H,1-9H3. The number of anilines is 6. The highest BCUT2D eigenvalue weighted by atomic mass is 16.3. The SMILES string of the molecule is CC(C)(C)c1cc2c3c(c1)N(c1c(-c4cccc(-c5ccccc5)c4)cc(C(C)(C)C)c4oc5ccccc5c14)c1ccc(-c4cccc(-c5ccccc5)c4)cc1B3c1cc(-c3cccc(-c4ccccc4)c3)ccc1N2c1c(-c2cccc(-c3ccccc3)c2)cc(C(C)(C)C)c2oc3ccccc3c12. The van der Waals surface area contributed by atoms with E-state index in [-0.39, 0.29) is 23.0 Å². The van der Waals surface area contributed by atoms with Gasteiger partial charge in [0, 0.05) is 55.8 Å². The Balaban J connectivity index is 0.998. The van der Waals surface area contributed by atoms with Gasteiger partial charge in [0.05, 0.1) is 22.1 Å². The molecule has 0 saturated carbocycles. The molecule has 0 unspecified atom stereocenters. The van der Waals surface area contributed by atoms with Gasteiger partial charge in [-0.05, 0) is 189 Å². The average Bonchev–Trinajstić information content (AvgIpc) is 1.54. The van der Waals surface area contributed by atoms with Crippen molar-refractivity contribution in [1.29, 1.82) is 0 Å². The molecule has 0 saturated heterocycles. The highest BCUT2D eigenvalue weighted by molar-refractivity contribution is 7.00. The molecule has 0 aliphatic carbocycles. The lowest BCUT2D eigenvalue weighted by Crippen LogP contribution is -2.61. The van der Waals surface area contributed by atoms with Crippen molar-refractivity contribution in [2.75, 3.05) is 9.80 Å². The van der Waals surface area contributed by atoms with Crippen molar-refractivity contribution >= 4 is 101 Å². The molecule has 0 bridgehead atoms. The van der Waals surface area contributed by atoms with Gasteiger partial charge in [0.2, 0.25) is 0 Å². The molecule has 0 fully saturated rings. The molecule has 19 rings (SSSR count). The Hall–Kier alpha value is -12.4. The second kappa shape index (κ2) is 25.1. The molecule has 0 atom stereocenters. The van der Waals surface area contributed by atoms with Crippen molar-refractivity contribution in [1.82, 2.24) is 0 Å². The largest absolute Gasteiger partial charge is 0.456 e. The van der Waals surface area contributed by atoms with Gasteiger partial charge in [-0.3, -0.25) is 0 Å². The predicted molar refractivity (Wildman–Crippen MR) is 455 cm³/mol. The van der Waals surface area contributed by atoms with E-state index in [4.69, 9.17) is 8.83 Å². The third-order valence-corrected chi connectivity index (χ3v) is 22.4. The third-order valence-electron chi connectivity index (χ3n) is 22.4. The first-order chi connectivity index (χ1) is 52.0. The Labute approximate surface area is 627 Å². The van der Waals surface area contributed by atoms with Gasteiger partial charge in [0.15, 0.2) is 0 Å². The summed E-state index contributed by atoms with van der Waals surface area (Å²) >= 11 is 0. The lowest BCUT2D eigenvalue weighted by molar-refractivity contribution is 0.572. The van der Waals surface area contributed by atoms with Crippen LogP contribution in [0.5, 0.6) is 0 Å². The van der Waals surface area contributed by atoms with E-state index in [1.54, 1.807) is 0 Å². The summed E-state index contributed by atoms with van der Waals surface area (Å²) in [5, 5.41) is 4.27. The minimum Gasteiger partial charge on any atom is -0.456 e. The molecule has 2 aliphatic rings. The molecular weight excluding hydrogens is 1300 g/mol. The second-order valence-electron chi connectivity index (χ2n) is 32.4. The maximum atomic E-state index is 7.44. The van der Waals surface area contributed by atoms with Crippen LogP contribution < -0.4 is 26.2 Å². The van der Waals surface area contributed by atoms with E-state index in [2.05, 4.69) is 400 Å². The summed E-state index contributed by atoms with van der Waals surface area (Å²) in [5.41, 5.74) is 34.4. The molecular formula is C102H81BN2O2. The van der Waals surface area contributed by atoms with Gasteiger partial charge in [-0.1, -0.05) is 317 Å². The molecule has 0 spiro atoms. The molecule has 514 valence electrons. The van der Waals surface area contributed by atoms with E-state index in [0.29, 0.717) is 0 Å². The van der Waals surface area contributed by atoms with Crippen molar-refractivity contribution in [2.24, 2.45) is 0 Å². The fourth-order valence-corrected chi connectivity index (χ4v) is 17.1. The predicted octanol–water partition coefficient (Wildman–Crippen LogP) is 26.8. The van der Waals surface area contributed by atoms with Gasteiger partial charge in [-0.2, -0.15) is 0 Å². The zero-order valence-corrected chi connectivity index (χ0v) is 62.0. The molecule has 0 N–H and O–H groups in total. The molecule has 2 aromatic heterocycles. The maximum absolute atomic E-state index is 7.44. The van der Waals surface area contributed by atoms with Crippen LogP contribution in [-0.4, -0.2) is 6.71 Å². The molecule has 2 aliphatic heterocycles. The number of furan rings is 2. The van der Waals surface area contributed by atoms with Crippen molar-refractivity contribution in [3.8, 4) is 89.0 Å². The Morgan fingerprint density at radius 1 is 0.252 bits per heavy atom. The molecule has 4 nitrogen and oxygen atoms in total. The summed E-state index contributed by atoms with van der Waals surface area (Å²) in [4.78, 5) is 5.38. The lowest BCUT2D eigenvalue weighted by atomic mass is 9.33. The lowest BCUT2D eigenvalue weighted by Gasteiger charge is -2.46. The summed E-state index contributed by atoms with van der Waals surface area (Å²) in [5.74, 6) is 0. The van der Waals surface area contributed by atoms with E-state index in [0.717, 1.165) is 156 Å². The molecule has 15 aromatic carbocycles. The summed E-state index contributed by atoms with van der Waals surface area (Å²) in [6, 6.07) is 122. The third kappa shape index (κ3) is 11.1. The zero-order chi connectivity index (χ0) is 72.6. The highest BCUT2D eigenvalue weighted by Gasteiger charge is 2.47. The van der Waals surface area contributed by atoms with Gasteiger partial charge < -0.3 is 18.6 Å². The Morgan fingerprint density at radius 3 is 0.897 bits per heavy atom. The van der Waals surface area contributed by atoms with Crippen LogP contribution in [0.4, 0.5) is 34.1 Å². The Kier molecular flexibility index (Phi) is 15.4. The smallest absolute Gasteiger partial charge is 0.252 e. The fourth-order valence-electron chi connectivity index (χ4n) is 17.1. The van der Waals surface area contributed by atoms with Gasteiger partial charge in [0.25, 0.3) is 6.71 Å². The number of para-hydroxylation sites is 2. The van der Waals surface area contributed by atoms with E-state index < -0.39 is 0 Å². The number of benzene rings is 15. The molecule has 0 radical (unpaired) electrons. The van der Waals surface area contributed by atoms with E-state index in [1.165, 1.54) is 44.2 Å². The Bertz CT molecular complexity index is 6000. The summed E-state index contributed by atoms with van der Waals surface area (Å²) in [6.07, 6.45) is 0. The minimum atomic E-state index is -0.360. The van der Waals surface area contributed by atoms with Gasteiger partial charge in [-0.25, -0.2) is 0 Å². The normalized spacial score (nSPS) is 12.9. The van der Waals surface area contributed by atoms with E-state index >= 15 is 0 Å². The minimum absolute atomic E-state index is 0.313. The first-order valence-corrected chi connectivity index (χ1v) is 37.6. The summed E-state index contributed by atoms with van der Waals surface area (Å²) in [6.45, 7) is 20.8. The van der Waals surface area contributed by atoms with Gasteiger partial charge in [0.1, 0.15) is 22.3 Å². The second-order valence-corrected chi connectivity index (χ2v) is 32.4. The summed E-state index contributed by atoms with van der Waals surface area (Å²) < 4.78 is 14.9. The van der Waals surface area contributed by atoms with E-state index in [9.17, 15) is 0 Å².